The predicted octanol–water partition coefficient (Wildman–Crippen LogP) is 2.61. The van der Waals surface area contributed by atoms with Crippen LogP contribution in [0, 0.1) is 17.0 Å². The number of aliphatic imine (C=N–C) groups is 1. The Bertz CT molecular complexity index is 865. The molecular weight excluding hydrogens is 314 g/mol. The summed E-state index contributed by atoms with van der Waals surface area (Å²) in [5, 5.41) is 11.4. The molecule has 2 aliphatic heterocycles. The van der Waals surface area contributed by atoms with E-state index < -0.39 is 11.2 Å². The van der Waals surface area contributed by atoms with Crippen LogP contribution in [0.15, 0.2) is 41.4 Å². The van der Waals surface area contributed by atoms with Gasteiger partial charge >= 0.3 is 0 Å². The molecule has 4 rings (SSSR count). The summed E-state index contributed by atoms with van der Waals surface area (Å²) in [6, 6.07) is 10.6. The second-order valence-electron chi connectivity index (χ2n) is 5.39. The van der Waals surface area contributed by atoms with Crippen molar-refractivity contribution in [2.75, 3.05) is 6.79 Å². The molecule has 0 radical (unpaired) electrons. The number of ether oxygens (including phenoxy) is 2. The molecule has 2 aliphatic rings. The van der Waals surface area contributed by atoms with Crippen LogP contribution < -0.4 is 15.0 Å². The van der Waals surface area contributed by atoms with Gasteiger partial charge in [0.15, 0.2) is 17.3 Å². The first-order valence-corrected chi connectivity index (χ1v) is 7.27. The topological polar surface area (TPSA) is 95.2 Å². The molecule has 2 aromatic carbocycles. The van der Waals surface area contributed by atoms with E-state index in [1.54, 1.807) is 0 Å². The van der Waals surface area contributed by atoms with Gasteiger partial charge in [-0.2, -0.15) is 0 Å². The first kappa shape index (κ1) is 14.5. The fourth-order valence-electron chi connectivity index (χ4n) is 2.68. The number of nitrogens with zero attached hydrogens (tertiary/aromatic N) is 2. The number of benzene rings is 2. The molecule has 0 bridgehead atoms. The molecule has 0 saturated heterocycles. The number of hydrogen-bond donors (Lipinski definition) is 1. The molecule has 1 N–H and O–H groups in total. The lowest BCUT2D eigenvalue weighted by atomic mass is 10.1. The Morgan fingerprint density at radius 3 is 2.75 bits per heavy atom. The summed E-state index contributed by atoms with van der Waals surface area (Å²) in [5.74, 6) is 1.32. The van der Waals surface area contributed by atoms with Crippen molar-refractivity contribution in [2.45, 2.75) is 13.2 Å². The summed E-state index contributed by atoms with van der Waals surface area (Å²) in [6.45, 7) is 1.99. The third kappa shape index (κ3) is 2.33. The van der Waals surface area contributed by atoms with Crippen molar-refractivity contribution in [1.29, 1.82) is 0 Å². The molecule has 2 aromatic rings. The standard InChI is InChI=1S/C16H13N3O5/c1-9-4-2-3-5-10(9)15-17-16(24-18-15)11-6-13-14(23-8-22-13)7-12(11)19(20)21/h2-7,16H,8H2,1H3,(H,17,18)/t16-/m0/s1. The third-order valence-electron chi connectivity index (χ3n) is 3.90. The quantitative estimate of drug-likeness (QED) is 0.688. The highest BCUT2D eigenvalue weighted by atomic mass is 16.7. The first-order valence-electron chi connectivity index (χ1n) is 7.27. The molecule has 0 aliphatic carbocycles. The maximum Gasteiger partial charge on any atom is 0.281 e. The van der Waals surface area contributed by atoms with Crippen molar-refractivity contribution >= 4 is 11.5 Å². The summed E-state index contributed by atoms with van der Waals surface area (Å²) in [5.41, 5.74) is 4.83. The Hall–Kier alpha value is -3.13. The molecule has 0 amide bonds. The Balaban J connectivity index is 1.75. The van der Waals surface area contributed by atoms with E-state index in [-0.39, 0.29) is 12.5 Å². The second-order valence-corrected chi connectivity index (χ2v) is 5.39. The lowest BCUT2D eigenvalue weighted by molar-refractivity contribution is -0.386. The van der Waals surface area contributed by atoms with Crippen molar-refractivity contribution < 1.29 is 19.2 Å². The zero-order chi connectivity index (χ0) is 16.7. The molecule has 0 saturated carbocycles. The third-order valence-corrected chi connectivity index (χ3v) is 3.90. The number of aryl methyl sites for hydroxylation is 1. The predicted molar refractivity (Wildman–Crippen MR) is 83.9 cm³/mol. The van der Waals surface area contributed by atoms with Gasteiger partial charge in [-0.3, -0.25) is 10.1 Å². The van der Waals surface area contributed by atoms with E-state index in [1.807, 2.05) is 31.2 Å². The van der Waals surface area contributed by atoms with Gasteiger partial charge in [0.05, 0.1) is 16.6 Å². The second kappa shape index (κ2) is 5.50. The molecule has 2 heterocycles. The van der Waals surface area contributed by atoms with Crippen LogP contribution in [-0.4, -0.2) is 17.6 Å². The van der Waals surface area contributed by atoms with Gasteiger partial charge in [0, 0.05) is 5.56 Å². The van der Waals surface area contributed by atoms with Crippen LogP contribution in [0.5, 0.6) is 11.5 Å². The van der Waals surface area contributed by atoms with Gasteiger partial charge in [-0.05, 0) is 18.6 Å². The van der Waals surface area contributed by atoms with Crippen molar-refractivity contribution in [2.24, 2.45) is 4.99 Å². The molecule has 1 atom stereocenters. The minimum atomic E-state index is -0.838. The average molecular weight is 327 g/mol. The Kier molecular flexibility index (Phi) is 3.31. The molecule has 0 unspecified atom stereocenters. The van der Waals surface area contributed by atoms with Gasteiger partial charge in [-0.15, -0.1) is 0 Å². The van der Waals surface area contributed by atoms with Crippen LogP contribution in [0.25, 0.3) is 0 Å². The van der Waals surface area contributed by atoms with Gasteiger partial charge in [-0.25, -0.2) is 15.3 Å². The zero-order valence-electron chi connectivity index (χ0n) is 12.7. The van der Waals surface area contributed by atoms with E-state index in [0.717, 1.165) is 11.1 Å². The number of rotatable bonds is 3. The van der Waals surface area contributed by atoms with Crippen LogP contribution in [0.1, 0.15) is 22.9 Å². The Labute approximate surface area is 136 Å². The van der Waals surface area contributed by atoms with Gasteiger partial charge in [0.25, 0.3) is 5.69 Å². The van der Waals surface area contributed by atoms with Crippen LogP contribution in [0.2, 0.25) is 0 Å². The highest BCUT2D eigenvalue weighted by molar-refractivity contribution is 6.00. The molecular formula is C16H13N3O5. The van der Waals surface area contributed by atoms with E-state index in [9.17, 15) is 10.1 Å². The zero-order valence-corrected chi connectivity index (χ0v) is 12.7. The maximum absolute atomic E-state index is 11.4. The summed E-state index contributed by atoms with van der Waals surface area (Å²) in [4.78, 5) is 20.8. The highest BCUT2D eigenvalue weighted by Gasteiger charge is 2.32. The van der Waals surface area contributed by atoms with Gasteiger partial charge < -0.3 is 9.47 Å². The number of amidine groups is 1. The molecule has 8 heteroatoms. The lowest BCUT2D eigenvalue weighted by Gasteiger charge is -2.08. The van der Waals surface area contributed by atoms with E-state index in [0.29, 0.717) is 22.9 Å². The molecule has 0 spiro atoms. The SMILES string of the molecule is Cc1ccccc1C1=N[C@H](c2cc3c(cc2[N+](=O)[O-])OCO3)ON1. The van der Waals surface area contributed by atoms with Crippen molar-refractivity contribution in [3.8, 4) is 11.5 Å². The minimum Gasteiger partial charge on any atom is -0.454 e. The maximum atomic E-state index is 11.4. The van der Waals surface area contributed by atoms with E-state index in [4.69, 9.17) is 14.3 Å². The number of nitro groups is 1. The van der Waals surface area contributed by atoms with E-state index >= 15 is 0 Å². The number of fused-ring (bicyclic) bond motifs is 1. The minimum absolute atomic E-state index is 0.0391. The molecule has 0 aromatic heterocycles. The van der Waals surface area contributed by atoms with Crippen molar-refractivity contribution in [3.05, 3.63) is 63.2 Å². The number of hydroxylamine groups is 1. The number of nitrogens with one attached hydrogen (secondary N) is 1. The van der Waals surface area contributed by atoms with Crippen LogP contribution >= 0.6 is 0 Å². The lowest BCUT2D eigenvalue weighted by Crippen LogP contribution is -2.19. The monoisotopic (exact) mass is 327 g/mol. The van der Waals surface area contributed by atoms with Gasteiger partial charge in [0.1, 0.15) is 0 Å². The summed E-state index contributed by atoms with van der Waals surface area (Å²) in [6.07, 6.45) is -0.838. The van der Waals surface area contributed by atoms with Crippen LogP contribution in [-0.2, 0) is 4.84 Å². The van der Waals surface area contributed by atoms with Gasteiger partial charge in [0.2, 0.25) is 13.0 Å². The molecule has 8 nitrogen and oxygen atoms in total. The molecule has 122 valence electrons. The first-order chi connectivity index (χ1) is 11.6. The average Bonchev–Trinajstić information content (AvgIpc) is 3.22. The number of nitro benzene ring substituents is 1. The van der Waals surface area contributed by atoms with E-state index in [1.165, 1.54) is 12.1 Å². The Morgan fingerprint density at radius 1 is 1.25 bits per heavy atom. The largest absolute Gasteiger partial charge is 0.454 e. The molecule has 24 heavy (non-hydrogen) atoms. The van der Waals surface area contributed by atoms with Crippen molar-refractivity contribution in [1.82, 2.24) is 5.48 Å². The van der Waals surface area contributed by atoms with Crippen LogP contribution in [0.4, 0.5) is 5.69 Å². The fraction of sp³-hybridized carbons (Fsp3) is 0.188. The number of hydrogen-bond acceptors (Lipinski definition) is 7. The summed E-state index contributed by atoms with van der Waals surface area (Å²) in [7, 11) is 0. The Morgan fingerprint density at radius 2 is 2.00 bits per heavy atom. The normalized spacial score (nSPS) is 18.2. The smallest absolute Gasteiger partial charge is 0.281 e. The summed E-state index contributed by atoms with van der Waals surface area (Å²) < 4.78 is 10.5. The summed E-state index contributed by atoms with van der Waals surface area (Å²) >= 11 is 0. The van der Waals surface area contributed by atoms with Gasteiger partial charge in [-0.1, -0.05) is 24.3 Å². The fourth-order valence-corrected chi connectivity index (χ4v) is 2.68. The highest BCUT2D eigenvalue weighted by Crippen LogP contribution is 2.41. The van der Waals surface area contributed by atoms with E-state index in [2.05, 4.69) is 10.5 Å². The van der Waals surface area contributed by atoms with Crippen LogP contribution in [0.3, 0.4) is 0 Å². The molecule has 0 fully saturated rings. The van der Waals surface area contributed by atoms with Crippen molar-refractivity contribution in [3.63, 3.8) is 0 Å².